The van der Waals surface area contributed by atoms with Crippen molar-refractivity contribution in [1.82, 2.24) is 9.21 Å². The molecule has 1 fully saturated rings. The molecule has 3 rings (SSSR count). The number of benzene rings is 2. The molecule has 0 bridgehead atoms. The number of ether oxygens (including phenoxy) is 2. The average molecular weight is 476 g/mol. The van der Waals surface area contributed by atoms with Gasteiger partial charge in [-0.2, -0.15) is 4.31 Å². The monoisotopic (exact) mass is 475 g/mol. The fourth-order valence-corrected chi connectivity index (χ4v) is 5.36. The summed E-state index contributed by atoms with van der Waals surface area (Å²) in [6.07, 6.45) is 0. The molecule has 1 saturated heterocycles. The van der Waals surface area contributed by atoms with Crippen molar-refractivity contribution in [3.63, 3.8) is 0 Å². The number of piperazine rings is 1. The predicted octanol–water partition coefficient (Wildman–Crippen LogP) is 2.51. The maximum absolute atomic E-state index is 13.0. The fourth-order valence-electron chi connectivity index (χ4n) is 3.96. The Morgan fingerprint density at radius 3 is 2.30 bits per heavy atom. The van der Waals surface area contributed by atoms with Gasteiger partial charge >= 0.3 is 0 Å². The summed E-state index contributed by atoms with van der Waals surface area (Å²) >= 11 is 0. The molecule has 0 N–H and O–H groups in total. The van der Waals surface area contributed by atoms with Crippen LogP contribution in [0.2, 0.25) is 0 Å². The zero-order chi connectivity index (χ0) is 24.0. The number of methoxy groups -OCH3 is 2. The summed E-state index contributed by atoms with van der Waals surface area (Å²) in [6.45, 7) is 6.51. The van der Waals surface area contributed by atoms with Crippen LogP contribution in [0.5, 0.6) is 11.5 Å². The molecule has 0 atom stereocenters. The topological polar surface area (TPSA) is 79.4 Å². The van der Waals surface area contributed by atoms with Gasteiger partial charge in [-0.15, -0.1) is 0 Å². The number of carbonyl (C=O) groups excluding carboxylic acids is 1. The van der Waals surface area contributed by atoms with E-state index in [4.69, 9.17) is 9.47 Å². The van der Waals surface area contributed by atoms with Crippen LogP contribution in [-0.2, 0) is 21.4 Å². The molecular weight excluding hydrogens is 442 g/mol. The van der Waals surface area contributed by atoms with Crippen LogP contribution in [0.3, 0.4) is 0 Å². The minimum Gasteiger partial charge on any atom is -0.493 e. The van der Waals surface area contributed by atoms with Crippen LogP contribution < -0.4 is 14.4 Å². The van der Waals surface area contributed by atoms with Crippen LogP contribution in [0.1, 0.15) is 18.1 Å². The second-order valence-corrected chi connectivity index (χ2v) is 10.0. The van der Waals surface area contributed by atoms with Gasteiger partial charge in [-0.3, -0.25) is 4.79 Å². The van der Waals surface area contributed by atoms with E-state index < -0.39 is 21.7 Å². The van der Waals surface area contributed by atoms with E-state index in [0.29, 0.717) is 50.8 Å². The van der Waals surface area contributed by atoms with Crippen molar-refractivity contribution in [2.75, 3.05) is 57.6 Å². The Balaban J connectivity index is 1.61. The molecular formula is C24H33N3O5S. The highest BCUT2D eigenvalue weighted by Crippen LogP contribution is 2.28. The highest BCUT2D eigenvalue weighted by atomic mass is 32.2. The van der Waals surface area contributed by atoms with Crippen LogP contribution in [0.25, 0.3) is 0 Å². The maximum atomic E-state index is 13.0. The molecule has 0 aliphatic carbocycles. The maximum Gasteiger partial charge on any atom is 0.239 e. The van der Waals surface area contributed by atoms with Gasteiger partial charge in [-0.1, -0.05) is 18.2 Å². The number of anilines is 1. The second kappa shape index (κ2) is 10.9. The standard InChI is InChI=1S/C24H33N3O5S/c1-5-25(17-20-9-10-22(31-3)23(16-20)32-4)24(28)18-33(29,30)27-13-11-26(12-14-27)21-8-6-7-19(2)15-21/h6-10,15-16H,5,11-14,17-18H2,1-4H3. The number of amides is 1. The van der Waals surface area contributed by atoms with E-state index in [1.54, 1.807) is 31.3 Å². The van der Waals surface area contributed by atoms with Crippen LogP contribution >= 0.6 is 0 Å². The Kier molecular flexibility index (Phi) is 8.20. The molecule has 2 aromatic carbocycles. The summed E-state index contributed by atoms with van der Waals surface area (Å²) in [4.78, 5) is 16.6. The van der Waals surface area contributed by atoms with E-state index in [1.807, 2.05) is 38.1 Å². The molecule has 0 spiro atoms. The molecule has 33 heavy (non-hydrogen) atoms. The molecule has 180 valence electrons. The average Bonchev–Trinajstić information content (AvgIpc) is 2.82. The lowest BCUT2D eigenvalue weighted by Gasteiger charge is -2.35. The van der Waals surface area contributed by atoms with Gasteiger partial charge in [0.1, 0.15) is 5.75 Å². The number of rotatable bonds is 9. The first-order valence-electron chi connectivity index (χ1n) is 11.1. The highest BCUT2D eigenvalue weighted by molar-refractivity contribution is 7.89. The Morgan fingerprint density at radius 2 is 1.70 bits per heavy atom. The quantitative estimate of drug-likeness (QED) is 0.555. The van der Waals surface area contributed by atoms with Crippen LogP contribution in [0.15, 0.2) is 42.5 Å². The molecule has 2 aromatic rings. The summed E-state index contributed by atoms with van der Waals surface area (Å²) in [5, 5.41) is 0. The van der Waals surface area contributed by atoms with Gasteiger partial charge in [0, 0.05) is 45.0 Å². The Bertz CT molecular complexity index is 1070. The van der Waals surface area contributed by atoms with Crippen molar-refractivity contribution >= 4 is 21.6 Å². The number of aryl methyl sites for hydroxylation is 1. The van der Waals surface area contributed by atoms with Gasteiger partial charge in [-0.25, -0.2) is 8.42 Å². The van der Waals surface area contributed by atoms with Crippen molar-refractivity contribution in [3.8, 4) is 11.5 Å². The first-order chi connectivity index (χ1) is 15.8. The number of hydrogen-bond acceptors (Lipinski definition) is 6. The van der Waals surface area contributed by atoms with Gasteiger partial charge in [0.2, 0.25) is 15.9 Å². The minimum absolute atomic E-state index is 0.298. The van der Waals surface area contributed by atoms with Crippen molar-refractivity contribution in [1.29, 1.82) is 0 Å². The lowest BCUT2D eigenvalue weighted by molar-refractivity contribution is -0.128. The van der Waals surface area contributed by atoms with Gasteiger partial charge in [0.05, 0.1) is 14.2 Å². The minimum atomic E-state index is -3.70. The summed E-state index contributed by atoms with van der Waals surface area (Å²) in [5.74, 6) is 0.229. The largest absolute Gasteiger partial charge is 0.493 e. The van der Waals surface area contributed by atoms with E-state index in [0.717, 1.165) is 11.3 Å². The number of sulfonamides is 1. The van der Waals surface area contributed by atoms with Gasteiger partial charge in [0.25, 0.3) is 0 Å². The van der Waals surface area contributed by atoms with Crippen LogP contribution in [-0.4, -0.2) is 76.2 Å². The molecule has 9 heteroatoms. The lowest BCUT2D eigenvalue weighted by Crippen LogP contribution is -2.51. The van der Waals surface area contributed by atoms with Gasteiger partial charge < -0.3 is 19.3 Å². The summed E-state index contributed by atoms with van der Waals surface area (Å²) in [6, 6.07) is 13.6. The molecule has 0 aromatic heterocycles. The summed E-state index contributed by atoms with van der Waals surface area (Å²) in [5.41, 5.74) is 3.10. The first-order valence-corrected chi connectivity index (χ1v) is 12.7. The van der Waals surface area contributed by atoms with Crippen molar-refractivity contribution in [3.05, 3.63) is 53.6 Å². The third-order valence-electron chi connectivity index (χ3n) is 5.86. The number of carbonyl (C=O) groups is 1. The first kappa shape index (κ1) is 24.9. The molecule has 0 saturated carbocycles. The van der Waals surface area contributed by atoms with Crippen molar-refractivity contribution in [2.24, 2.45) is 0 Å². The molecule has 0 unspecified atom stereocenters. The third-order valence-corrected chi connectivity index (χ3v) is 7.62. The second-order valence-electron chi connectivity index (χ2n) is 8.08. The Labute approximate surface area is 196 Å². The lowest BCUT2D eigenvalue weighted by atomic mass is 10.2. The molecule has 0 radical (unpaired) electrons. The van der Waals surface area contributed by atoms with Crippen molar-refractivity contribution < 1.29 is 22.7 Å². The molecule has 1 heterocycles. The Hall–Kier alpha value is -2.78. The van der Waals surface area contributed by atoms with E-state index in [-0.39, 0.29) is 0 Å². The van der Waals surface area contributed by atoms with Crippen molar-refractivity contribution in [2.45, 2.75) is 20.4 Å². The zero-order valence-corrected chi connectivity index (χ0v) is 20.6. The van der Waals surface area contributed by atoms with E-state index >= 15 is 0 Å². The third kappa shape index (κ3) is 6.17. The number of nitrogens with zero attached hydrogens (tertiary/aromatic N) is 3. The van der Waals surface area contributed by atoms with E-state index in [1.165, 1.54) is 9.87 Å². The zero-order valence-electron chi connectivity index (χ0n) is 19.8. The fraction of sp³-hybridized carbons (Fsp3) is 0.458. The van der Waals surface area contributed by atoms with Gasteiger partial charge in [-0.05, 0) is 49.2 Å². The normalized spacial score (nSPS) is 14.7. The smallest absolute Gasteiger partial charge is 0.239 e. The van der Waals surface area contributed by atoms with Crippen LogP contribution in [0.4, 0.5) is 5.69 Å². The summed E-state index contributed by atoms with van der Waals surface area (Å²) in [7, 11) is -0.585. The molecule has 8 nitrogen and oxygen atoms in total. The SMILES string of the molecule is CCN(Cc1ccc(OC)c(OC)c1)C(=O)CS(=O)(=O)N1CCN(c2cccc(C)c2)CC1. The highest BCUT2D eigenvalue weighted by Gasteiger charge is 2.30. The summed E-state index contributed by atoms with van der Waals surface area (Å²) < 4.78 is 38.0. The molecule has 1 aliphatic rings. The Morgan fingerprint density at radius 1 is 1.00 bits per heavy atom. The molecule has 1 aliphatic heterocycles. The molecule has 1 amide bonds. The van der Waals surface area contributed by atoms with E-state index in [9.17, 15) is 13.2 Å². The van der Waals surface area contributed by atoms with E-state index in [2.05, 4.69) is 11.0 Å². The predicted molar refractivity (Wildman–Crippen MR) is 129 cm³/mol. The van der Waals surface area contributed by atoms with Crippen LogP contribution in [0, 0.1) is 6.92 Å². The van der Waals surface area contributed by atoms with Gasteiger partial charge in [0.15, 0.2) is 11.5 Å². The number of hydrogen-bond donors (Lipinski definition) is 0.